The molecule has 9 atom stereocenters. The Hall–Kier alpha value is -0.680. The van der Waals surface area contributed by atoms with Gasteiger partial charge in [-0.15, -0.1) is 6.58 Å². The maximum absolute atomic E-state index is 10.2. The molecular weight excluding hydrogens is 256 g/mol. The molecule has 0 spiro atoms. The van der Waals surface area contributed by atoms with E-state index in [0.29, 0.717) is 11.8 Å². The summed E-state index contributed by atoms with van der Waals surface area (Å²) in [6.45, 7) is 4.05. The van der Waals surface area contributed by atoms with Crippen LogP contribution in [0.3, 0.4) is 0 Å². The molecular formula is C16H20O4. The van der Waals surface area contributed by atoms with Crippen molar-refractivity contribution in [3.05, 3.63) is 24.3 Å². The topological polar surface area (TPSA) is 58.9 Å². The summed E-state index contributed by atoms with van der Waals surface area (Å²) in [5, 5.41) is 20.2. The number of allylic oxidation sites excluding steroid dienone is 1. The first-order chi connectivity index (χ1) is 9.65. The van der Waals surface area contributed by atoms with Gasteiger partial charge in [0.15, 0.2) is 0 Å². The van der Waals surface area contributed by atoms with Crippen molar-refractivity contribution in [2.45, 2.75) is 55.9 Å². The van der Waals surface area contributed by atoms with Gasteiger partial charge in [0.25, 0.3) is 0 Å². The Balaban J connectivity index is 1.62. The third-order valence-electron chi connectivity index (χ3n) is 6.41. The lowest BCUT2D eigenvalue weighted by Gasteiger charge is -2.48. The van der Waals surface area contributed by atoms with Crippen molar-refractivity contribution in [2.24, 2.45) is 17.3 Å². The van der Waals surface area contributed by atoms with Crippen molar-refractivity contribution in [1.29, 1.82) is 0 Å². The molecule has 4 fully saturated rings. The standard InChI is InChI=1S/C16H20O4/c1-2-16-4-3-7-12(10-5-8(17)14(7)19-10)13(16)11-6-9(18)15(16)20-11/h2-3,8-15,17-18H,1,4-6H2/t8-,9-,10-,11-,12+,13+,14-,15+,16?/m0/s1. The van der Waals surface area contributed by atoms with Gasteiger partial charge in [0.05, 0.1) is 30.5 Å². The molecule has 5 aliphatic rings. The number of hydrogen-bond acceptors (Lipinski definition) is 4. The van der Waals surface area contributed by atoms with Crippen LogP contribution in [0.4, 0.5) is 0 Å². The Bertz CT molecular complexity index is 515. The van der Waals surface area contributed by atoms with E-state index in [9.17, 15) is 10.2 Å². The van der Waals surface area contributed by atoms with E-state index in [1.165, 1.54) is 5.57 Å². The van der Waals surface area contributed by atoms with Crippen LogP contribution in [0, 0.1) is 17.3 Å². The predicted molar refractivity (Wildman–Crippen MR) is 70.9 cm³/mol. The highest BCUT2D eigenvalue weighted by atomic mass is 16.5. The summed E-state index contributed by atoms with van der Waals surface area (Å²) in [7, 11) is 0. The van der Waals surface area contributed by atoms with Crippen molar-refractivity contribution in [1.82, 2.24) is 0 Å². The van der Waals surface area contributed by atoms with Gasteiger partial charge < -0.3 is 19.7 Å². The van der Waals surface area contributed by atoms with Crippen LogP contribution < -0.4 is 0 Å². The lowest BCUT2D eigenvalue weighted by molar-refractivity contribution is -0.00349. The minimum atomic E-state index is -0.366. The molecule has 20 heavy (non-hydrogen) atoms. The first-order valence-corrected chi connectivity index (χ1v) is 7.66. The second kappa shape index (κ2) is 3.55. The first kappa shape index (κ1) is 11.9. The predicted octanol–water partition coefficient (Wildman–Crippen LogP) is 0.785. The van der Waals surface area contributed by atoms with E-state index in [2.05, 4.69) is 12.7 Å². The Labute approximate surface area is 118 Å². The minimum absolute atomic E-state index is 0.100. The van der Waals surface area contributed by atoms with Gasteiger partial charge in [0, 0.05) is 30.1 Å². The molecule has 4 nitrogen and oxygen atoms in total. The van der Waals surface area contributed by atoms with Gasteiger partial charge in [-0.1, -0.05) is 12.2 Å². The van der Waals surface area contributed by atoms with E-state index < -0.39 is 0 Å². The molecule has 4 bridgehead atoms. The van der Waals surface area contributed by atoms with Crippen LogP contribution >= 0.6 is 0 Å². The molecule has 4 saturated heterocycles. The highest BCUT2D eigenvalue weighted by molar-refractivity contribution is 5.35. The molecule has 108 valence electrons. The second-order valence-corrected chi connectivity index (χ2v) is 7.07. The fraction of sp³-hybridized carbons (Fsp3) is 0.750. The Morgan fingerprint density at radius 3 is 2.80 bits per heavy atom. The molecule has 1 unspecified atom stereocenters. The Kier molecular flexibility index (Phi) is 2.12. The summed E-state index contributed by atoms with van der Waals surface area (Å²) in [4.78, 5) is 0. The van der Waals surface area contributed by atoms with Crippen LogP contribution in [0.2, 0.25) is 0 Å². The number of aliphatic hydroxyl groups is 2. The Morgan fingerprint density at radius 1 is 1.20 bits per heavy atom. The molecule has 0 aromatic carbocycles. The Morgan fingerprint density at radius 2 is 2.00 bits per heavy atom. The maximum atomic E-state index is 10.2. The van der Waals surface area contributed by atoms with E-state index in [1.807, 2.05) is 6.08 Å². The summed E-state index contributed by atoms with van der Waals surface area (Å²) in [6, 6.07) is 0. The number of rotatable bonds is 1. The number of fused-ring (bicyclic) bond motifs is 11. The molecule has 4 aliphatic heterocycles. The van der Waals surface area contributed by atoms with E-state index in [-0.39, 0.29) is 42.0 Å². The van der Waals surface area contributed by atoms with Gasteiger partial charge >= 0.3 is 0 Å². The maximum Gasteiger partial charge on any atom is 0.105 e. The molecule has 0 radical (unpaired) electrons. The largest absolute Gasteiger partial charge is 0.390 e. The lowest BCUT2D eigenvalue weighted by atomic mass is 9.53. The molecule has 0 aromatic heterocycles. The van der Waals surface area contributed by atoms with Gasteiger partial charge in [-0.2, -0.15) is 0 Å². The molecule has 5 rings (SSSR count). The molecule has 0 saturated carbocycles. The lowest BCUT2D eigenvalue weighted by Crippen LogP contribution is -2.52. The molecule has 4 heterocycles. The minimum Gasteiger partial charge on any atom is -0.390 e. The van der Waals surface area contributed by atoms with Crippen molar-refractivity contribution in [2.75, 3.05) is 0 Å². The van der Waals surface area contributed by atoms with Gasteiger partial charge in [-0.3, -0.25) is 0 Å². The monoisotopic (exact) mass is 276 g/mol. The number of aliphatic hydroxyl groups excluding tert-OH is 2. The van der Waals surface area contributed by atoms with Crippen LogP contribution in [0.1, 0.15) is 19.3 Å². The van der Waals surface area contributed by atoms with Crippen LogP contribution in [-0.4, -0.2) is 46.8 Å². The highest BCUT2D eigenvalue weighted by Gasteiger charge is 2.69. The SMILES string of the molecule is C=CC12CC=C3[C@@H]([C@H]1[C@@H]1C[C@H](O)[C@H]2O1)[C@@H]1C[C@H](O)[C@H]3O1. The van der Waals surface area contributed by atoms with Crippen LogP contribution in [-0.2, 0) is 9.47 Å². The third kappa shape index (κ3) is 1.12. The summed E-state index contributed by atoms with van der Waals surface area (Å²) >= 11 is 0. The molecule has 0 amide bonds. The summed E-state index contributed by atoms with van der Waals surface area (Å²) in [6.07, 6.45) is 5.86. The smallest absolute Gasteiger partial charge is 0.105 e. The fourth-order valence-electron chi connectivity index (χ4n) is 5.72. The average Bonchev–Trinajstić information content (AvgIpc) is 3.15. The molecule has 1 aliphatic carbocycles. The van der Waals surface area contributed by atoms with Crippen LogP contribution in [0.25, 0.3) is 0 Å². The van der Waals surface area contributed by atoms with Crippen molar-refractivity contribution in [3.8, 4) is 0 Å². The zero-order valence-corrected chi connectivity index (χ0v) is 11.3. The van der Waals surface area contributed by atoms with Crippen molar-refractivity contribution >= 4 is 0 Å². The zero-order chi connectivity index (χ0) is 13.6. The quantitative estimate of drug-likeness (QED) is 0.695. The van der Waals surface area contributed by atoms with Crippen LogP contribution in [0.5, 0.6) is 0 Å². The van der Waals surface area contributed by atoms with Gasteiger partial charge in [0.2, 0.25) is 0 Å². The van der Waals surface area contributed by atoms with Crippen LogP contribution in [0.15, 0.2) is 24.3 Å². The number of ether oxygens (including phenoxy) is 2. The average molecular weight is 276 g/mol. The number of hydrogen-bond donors (Lipinski definition) is 2. The van der Waals surface area contributed by atoms with Crippen molar-refractivity contribution < 1.29 is 19.7 Å². The fourth-order valence-corrected chi connectivity index (χ4v) is 5.72. The normalized spacial score (nSPS) is 62.2. The van der Waals surface area contributed by atoms with Gasteiger partial charge in [-0.25, -0.2) is 0 Å². The summed E-state index contributed by atoms with van der Waals surface area (Å²) < 4.78 is 12.1. The van der Waals surface area contributed by atoms with E-state index in [4.69, 9.17) is 9.47 Å². The molecule has 0 aromatic rings. The van der Waals surface area contributed by atoms with E-state index in [1.54, 1.807) is 0 Å². The van der Waals surface area contributed by atoms with Gasteiger partial charge in [-0.05, 0) is 12.0 Å². The van der Waals surface area contributed by atoms with E-state index >= 15 is 0 Å². The molecule has 2 N–H and O–H groups in total. The molecule has 4 heteroatoms. The first-order valence-electron chi connectivity index (χ1n) is 7.66. The highest BCUT2D eigenvalue weighted by Crippen LogP contribution is 2.64. The summed E-state index contributed by atoms with van der Waals surface area (Å²) in [5.41, 5.74) is 1.14. The third-order valence-corrected chi connectivity index (χ3v) is 6.41. The van der Waals surface area contributed by atoms with E-state index in [0.717, 1.165) is 19.3 Å². The van der Waals surface area contributed by atoms with Crippen molar-refractivity contribution in [3.63, 3.8) is 0 Å². The second-order valence-electron chi connectivity index (χ2n) is 7.07. The summed E-state index contributed by atoms with van der Waals surface area (Å²) in [5.74, 6) is 0.702. The zero-order valence-electron chi connectivity index (χ0n) is 11.3. The van der Waals surface area contributed by atoms with Gasteiger partial charge in [0.1, 0.15) is 6.10 Å².